The number of hydrogen-bond acceptors (Lipinski definition) is 7. The third-order valence-corrected chi connectivity index (χ3v) is 6.55. The van der Waals surface area contributed by atoms with Gasteiger partial charge < -0.3 is 24.1 Å². The van der Waals surface area contributed by atoms with Gasteiger partial charge in [-0.15, -0.1) is 0 Å². The molecule has 7 heteroatoms. The van der Waals surface area contributed by atoms with Gasteiger partial charge in [-0.05, 0) is 62.1 Å². The van der Waals surface area contributed by atoms with Crippen LogP contribution >= 0.6 is 0 Å². The van der Waals surface area contributed by atoms with E-state index < -0.39 is 18.2 Å². The normalized spacial score (nSPS) is 31.3. The summed E-state index contributed by atoms with van der Waals surface area (Å²) >= 11 is 0. The van der Waals surface area contributed by atoms with Gasteiger partial charge in [-0.2, -0.15) is 0 Å². The third-order valence-electron chi connectivity index (χ3n) is 6.55. The molecule has 0 bridgehead atoms. The van der Waals surface area contributed by atoms with Crippen molar-refractivity contribution in [3.63, 3.8) is 0 Å². The molecule has 3 heterocycles. The Kier molecular flexibility index (Phi) is 4.07. The van der Waals surface area contributed by atoms with E-state index in [1.807, 2.05) is 6.07 Å². The zero-order chi connectivity index (χ0) is 19.5. The van der Waals surface area contributed by atoms with Crippen molar-refractivity contribution in [3.05, 3.63) is 35.1 Å². The van der Waals surface area contributed by atoms with Gasteiger partial charge in [0.1, 0.15) is 11.9 Å². The lowest BCUT2D eigenvalue weighted by atomic mass is 9.77. The molecule has 4 aliphatic rings. The van der Waals surface area contributed by atoms with Gasteiger partial charge in [-0.25, -0.2) is 4.79 Å². The summed E-state index contributed by atoms with van der Waals surface area (Å²) in [4.78, 5) is 14.8. The zero-order valence-corrected chi connectivity index (χ0v) is 16.1. The van der Waals surface area contributed by atoms with Crippen molar-refractivity contribution >= 4 is 5.97 Å². The Morgan fingerprint density at radius 2 is 2.11 bits per heavy atom. The molecule has 1 aliphatic carbocycles. The Bertz CT molecular complexity index is 850. The number of rotatable bonds is 3. The van der Waals surface area contributed by atoms with E-state index in [4.69, 9.17) is 18.9 Å². The van der Waals surface area contributed by atoms with E-state index >= 15 is 0 Å². The predicted molar refractivity (Wildman–Crippen MR) is 99.2 cm³/mol. The average molecular weight is 387 g/mol. The fourth-order valence-electron chi connectivity index (χ4n) is 5.32. The zero-order valence-electron chi connectivity index (χ0n) is 16.1. The van der Waals surface area contributed by atoms with Gasteiger partial charge in [0, 0.05) is 6.54 Å². The van der Waals surface area contributed by atoms with E-state index in [9.17, 15) is 9.90 Å². The molecular weight excluding hydrogens is 362 g/mol. The molecule has 0 amide bonds. The maximum atomic E-state index is 12.3. The number of nitrogens with zero attached hydrogens (tertiary/aromatic N) is 1. The number of benzene rings is 1. The second kappa shape index (κ2) is 6.39. The average Bonchev–Trinajstić information content (AvgIpc) is 3.35. The van der Waals surface area contributed by atoms with E-state index in [0.29, 0.717) is 5.76 Å². The van der Waals surface area contributed by atoms with Crippen molar-refractivity contribution in [1.82, 2.24) is 4.90 Å². The molecule has 2 unspecified atom stereocenters. The highest BCUT2D eigenvalue weighted by atomic mass is 16.7. The molecule has 1 fully saturated rings. The summed E-state index contributed by atoms with van der Waals surface area (Å²) in [5, 5.41) is 9.72. The van der Waals surface area contributed by atoms with Gasteiger partial charge in [-0.3, -0.25) is 4.90 Å². The first-order valence-corrected chi connectivity index (χ1v) is 9.86. The quantitative estimate of drug-likeness (QED) is 0.792. The molecule has 28 heavy (non-hydrogen) atoms. The third kappa shape index (κ3) is 2.46. The van der Waals surface area contributed by atoms with Crippen LogP contribution < -0.4 is 9.47 Å². The number of hydrogen-bond donors (Lipinski definition) is 1. The van der Waals surface area contributed by atoms with Crippen molar-refractivity contribution in [3.8, 4) is 11.5 Å². The first-order chi connectivity index (χ1) is 13.5. The first-order valence-electron chi connectivity index (χ1n) is 9.86. The maximum absolute atomic E-state index is 12.3. The van der Waals surface area contributed by atoms with Crippen molar-refractivity contribution in [2.24, 2.45) is 0 Å². The van der Waals surface area contributed by atoms with Crippen LogP contribution in [0.3, 0.4) is 0 Å². The van der Waals surface area contributed by atoms with Crippen LogP contribution in [0, 0.1) is 0 Å². The second-order valence-corrected chi connectivity index (χ2v) is 8.00. The molecule has 1 saturated heterocycles. The molecule has 1 aromatic rings. The molecule has 0 saturated carbocycles. The van der Waals surface area contributed by atoms with Gasteiger partial charge >= 0.3 is 5.97 Å². The van der Waals surface area contributed by atoms with Gasteiger partial charge in [0.2, 0.25) is 6.79 Å². The van der Waals surface area contributed by atoms with Crippen LogP contribution in [-0.4, -0.2) is 60.7 Å². The van der Waals surface area contributed by atoms with Gasteiger partial charge in [0.25, 0.3) is 0 Å². The Balaban J connectivity index is 1.65. The summed E-state index contributed by atoms with van der Waals surface area (Å²) in [6.07, 6.45) is 3.34. The summed E-state index contributed by atoms with van der Waals surface area (Å²) in [5.74, 6) is 1.40. The molecule has 0 aromatic heterocycles. The standard InChI is InChI=1S/C21H25NO6/c1-12(23)20(24)28-19-17(25-2)10-21-5-3-6-22(21)7-4-13-8-15-16(27-11-26-15)9-14(13)18(19)21/h8-10,12,18-19,23H,3-7,11H2,1-2H3/t12-,18-,19?,21?/m1/s1. The Hall–Kier alpha value is -2.25. The number of methoxy groups -OCH3 is 1. The van der Waals surface area contributed by atoms with Gasteiger partial charge in [-0.1, -0.05) is 0 Å². The molecule has 3 aliphatic heterocycles. The van der Waals surface area contributed by atoms with Crippen LogP contribution in [0.1, 0.15) is 36.8 Å². The number of aliphatic hydroxyl groups excluding tert-OH is 1. The highest BCUT2D eigenvalue weighted by molar-refractivity contribution is 5.74. The number of aliphatic hydroxyl groups is 1. The van der Waals surface area contributed by atoms with Gasteiger partial charge in [0.15, 0.2) is 17.6 Å². The molecule has 5 rings (SSSR count). The SMILES string of the molecule is COC1=CC23CCCN2CCc2cc4c(cc2[C@@H]3C1OC(=O)[C@@H](C)O)OCO4. The van der Waals surface area contributed by atoms with Crippen LogP contribution in [0.2, 0.25) is 0 Å². The Morgan fingerprint density at radius 3 is 2.86 bits per heavy atom. The van der Waals surface area contributed by atoms with E-state index in [1.165, 1.54) is 12.5 Å². The summed E-state index contributed by atoms with van der Waals surface area (Å²) in [6.45, 7) is 3.57. The van der Waals surface area contributed by atoms with Crippen molar-refractivity contribution in [2.75, 3.05) is 27.0 Å². The summed E-state index contributed by atoms with van der Waals surface area (Å²) < 4.78 is 22.7. The van der Waals surface area contributed by atoms with E-state index in [1.54, 1.807) is 7.11 Å². The van der Waals surface area contributed by atoms with Crippen molar-refractivity contribution in [2.45, 2.75) is 49.9 Å². The monoisotopic (exact) mass is 387 g/mol. The molecule has 4 atom stereocenters. The van der Waals surface area contributed by atoms with E-state index in [-0.39, 0.29) is 18.2 Å². The Labute approximate surface area is 163 Å². The van der Waals surface area contributed by atoms with E-state index in [2.05, 4.69) is 17.0 Å². The molecule has 1 N–H and O–H groups in total. The summed E-state index contributed by atoms with van der Waals surface area (Å²) in [7, 11) is 1.61. The lowest BCUT2D eigenvalue weighted by molar-refractivity contribution is -0.159. The topological polar surface area (TPSA) is 77.5 Å². The smallest absolute Gasteiger partial charge is 0.335 e. The molecular formula is C21H25NO6. The molecule has 1 spiro atoms. The van der Waals surface area contributed by atoms with Crippen LogP contribution in [0.15, 0.2) is 24.0 Å². The number of carbonyl (C=O) groups excluding carboxylic acids is 1. The first kappa shape index (κ1) is 17.8. The summed E-state index contributed by atoms with van der Waals surface area (Å²) in [5.41, 5.74) is 2.04. The Morgan fingerprint density at radius 1 is 1.32 bits per heavy atom. The fourth-order valence-corrected chi connectivity index (χ4v) is 5.32. The lowest BCUT2D eigenvalue weighted by Gasteiger charge is -2.39. The molecule has 7 nitrogen and oxygen atoms in total. The minimum atomic E-state index is -1.18. The minimum absolute atomic E-state index is 0.111. The molecule has 1 aromatic carbocycles. The highest BCUT2D eigenvalue weighted by Gasteiger charge is 2.58. The van der Waals surface area contributed by atoms with Crippen LogP contribution in [0.25, 0.3) is 0 Å². The fraction of sp³-hybridized carbons (Fsp3) is 0.571. The predicted octanol–water partition coefficient (Wildman–Crippen LogP) is 1.73. The number of esters is 1. The molecule has 0 radical (unpaired) electrons. The van der Waals surface area contributed by atoms with Crippen molar-refractivity contribution < 1.29 is 28.8 Å². The van der Waals surface area contributed by atoms with Crippen LogP contribution in [-0.2, 0) is 20.7 Å². The number of ether oxygens (including phenoxy) is 4. The largest absolute Gasteiger partial charge is 0.497 e. The van der Waals surface area contributed by atoms with E-state index in [0.717, 1.165) is 49.4 Å². The number of carbonyl (C=O) groups is 1. The maximum Gasteiger partial charge on any atom is 0.335 e. The number of fused-ring (bicyclic) bond motifs is 3. The van der Waals surface area contributed by atoms with Crippen LogP contribution in [0.4, 0.5) is 0 Å². The summed E-state index contributed by atoms with van der Waals surface area (Å²) in [6, 6.07) is 4.10. The highest BCUT2D eigenvalue weighted by Crippen LogP contribution is 2.55. The minimum Gasteiger partial charge on any atom is -0.497 e. The van der Waals surface area contributed by atoms with Crippen LogP contribution in [0.5, 0.6) is 11.5 Å². The van der Waals surface area contributed by atoms with Crippen molar-refractivity contribution in [1.29, 1.82) is 0 Å². The van der Waals surface area contributed by atoms with Gasteiger partial charge in [0.05, 0.1) is 18.6 Å². The lowest BCUT2D eigenvalue weighted by Crippen LogP contribution is -2.47. The molecule has 150 valence electrons. The second-order valence-electron chi connectivity index (χ2n) is 8.00.